The summed E-state index contributed by atoms with van der Waals surface area (Å²) in [6.07, 6.45) is 0. The number of tetrazole rings is 1. The van der Waals surface area contributed by atoms with Crippen molar-refractivity contribution in [3.8, 4) is 11.4 Å². The monoisotopic (exact) mass is 449 g/mol. The summed E-state index contributed by atoms with van der Waals surface area (Å²) >= 11 is 6.78. The van der Waals surface area contributed by atoms with Crippen LogP contribution in [0, 0.1) is 6.92 Å². The lowest BCUT2D eigenvalue weighted by molar-refractivity contribution is -0.117. The van der Waals surface area contributed by atoms with Crippen LogP contribution in [-0.2, 0) is 11.3 Å². The predicted octanol–water partition coefficient (Wildman–Crippen LogP) is 3.81. The quantitative estimate of drug-likeness (QED) is 0.655. The number of carbonyl (C=O) groups excluding carboxylic acids is 1. The third kappa shape index (κ3) is 3.88. The van der Waals surface area contributed by atoms with Crippen LogP contribution in [0.5, 0.6) is 0 Å². The lowest BCUT2D eigenvalue weighted by atomic mass is 10.1. The first kappa shape index (κ1) is 16.8. The maximum absolute atomic E-state index is 12.2. The van der Waals surface area contributed by atoms with Crippen LogP contribution < -0.4 is 5.32 Å². The summed E-state index contributed by atoms with van der Waals surface area (Å²) in [6.45, 7) is 1.97. The minimum absolute atomic E-state index is 0.0125. The molecule has 0 saturated carbocycles. The molecule has 3 rings (SSSR count). The standard InChI is InChI=1S/C16H13Br2N5O/c1-10-4-2-3-5-12(10)16-20-22-23(21-16)9-15(24)19-14-7-6-11(17)8-13(14)18/h2-8H,9H2,1H3,(H,19,24). The highest BCUT2D eigenvalue weighted by Gasteiger charge is 2.12. The van der Waals surface area contributed by atoms with E-state index >= 15 is 0 Å². The van der Waals surface area contributed by atoms with Gasteiger partial charge in [0.25, 0.3) is 0 Å². The van der Waals surface area contributed by atoms with Crippen molar-refractivity contribution in [3.63, 3.8) is 0 Å². The van der Waals surface area contributed by atoms with Crippen LogP contribution in [0.2, 0.25) is 0 Å². The van der Waals surface area contributed by atoms with Crippen molar-refractivity contribution in [2.75, 3.05) is 5.32 Å². The second-order valence-corrected chi connectivity index (χ2v) is 6.90. The third-order valence-electron chi connectivity index (χ3n) is 3.33. The van der Waals surface area contributed by atoms with Crippen molar-refractivity contribution in [2.24, 2.45) is 0 Å². The Kier molecular flexibility index (Phi) is 5.06. The molecular weight excluding hydrogens is 438 g/mol. The van der Waals surface area contributed by atoms with Crippen LogP contribution in [0.25, 0.3) is 11.4 Å². The second kappa shape index (κ2) is 7.23. The zero-order chi connectivity index (χ0) is 17.1. The van der Waals surface area contributed by atoms with E-state index in [-0.39, 0.29) is 12.5 Å². The van der Waals surface area contributed by atoms with Gasteiger partial charge in [-0.05, 0) is 51.8 Å². The van der Waals surface area contributed by atoms with E-state index < -0.39 is 0 Å². The number of hydrogen-bond acceptors (Lipinski definition) is 4. The number of aromatic nitrogens is 4. The molecule has 1 N–H and O–H groups in total. The Labute approximate surface area is 155 Å². The molecule has 24 heavy (non-hydrogen) atoms. The highest BCUT2D eigenvalue weighted by atomic mass is 79.9. The van der Waals surface area contributed by atoms with Crippen LogP contribution in [0.15, 0.2) is 51.4 Å². The molecule has 0 atom stereocenters. The Hall–Kier alpha value is -2.06. The highest BCUT2D eigenvalue weighted by Crippen LogP contribution is 2.26. The largest absolute Gasteiger partial charge is 0.323 e. The van der Waals surface area contributed by atoms with Crippen molar-refractivity contribution < 1.29 is 4.79 Å². The summed E-state index contributed by atoms with van der Waals surface area (Å²) in [4.78, 5) is 13.4. The molecule has 1 heterocycles. The number of halogens is 2. The minimum Gasteiger partial charge on any atom is -0.323 e. The van der Waals surface area contributed by atoms with E-state index in [1.54, 1.807) is 6.07 Å². The van der Waals surface area contributed by atoms with Gasteiger partial charge in [0.1, 0.15) is 6.54 Å². The first-order chi connectivity index (χ1) is 11.5. The summed E-state index contributed by atoms with van der Waals surface area (Å²) in [5, 5.41) is 15.1. The molecule has 8 heteroatoms. The molecule has 2 aromatic carbocycles. The van der Waals surface area contributed by atoms with Crippen molar-refractivity contribution in [1.29, 1.82) is 0 Å². The molecule has 0 fully saturated rings. The Morgan fingerprint density at radius 2 is 2.00 bits per heavy atom. The number of hydrogen-bond donors (Lipinski definition) is 1. The number of carbonyl (C=O) groups is 1. The number of rotatable bonds is 4. The molecule has 1 aromatic heterocycles. The fraction of sp³-hybridized carbons (Fsp3) is 0.125. The van der Waals surface area contributed by atoms with Gasteiger partial charge >= 0.3 is 0 Å². The number of nitrogens with zero attached hydrogens (tertiary/aromatic N) is 4. The average Bonchev–Trinajstić information content (AvgIpc) is 2.99. The first-order valence-electron chi connectivity index (χ1n) is 7.11. The highest BCUT2D eigenvalue weighted by molar-refractivity contribution is 9.11. The van der Waals surface area contributed by atoms with E-state index in [0.717, 1.165) is 20.1 Å². The average molecular weight is 451 g/mol. The van der Waals surface area contributed by atoms with Gasteiger partial charge in [0.15, 0.2) is 0 Å². The van der Waals surface area contributed by atoms with Crippen LogP contribution >= 0.6 is 31.9 Å². The number of nitrogens with one attached hydrogen (secondary N) is 1. The molecule has 0 bridgehead atoms. The Balaban J connectivity index is 1.70. The van der Waals surface area contributed by atoms with Gasteiger partial charge in [0, 0.05) is 14.5 Å². The summed E-state index contributed by atoms with van der Waals surface area (Å²) in [5.41, 5.74) is 2.64. The van der Waals surface area contributed by atoms with Gasteiger partial charge in [-0.15, -0.1) is 10.2 Å². The fourth-order valence-corrected chi connectivity index (χ4v) is 3.30. The van der Waals surface area contributed by atoms with Gasteiger partial charge in [-0.25, -0.2) is 0 Å². The number of amides is 1. The smallest absolute Gasteiger partial charge is 0.248 e. The number of benzene rings is 2. The van der Waals surface area contributed by atoms with E-state index in [1.165, 1.54) is 4.80 Å². The van der Waals surface area contributed by atoms with Gasteiger partial charge in [-0.1, -0.05) is 40.2 Å². The summed E-state index contributed by atoms with van der Waals surface area (Å²) in [5.74, 6) is 0.275. The van der Waals surface area contributed by atoms with E-state index in [0.29, 0.717) is 11.5 Å². The molecule has 0 aliphatic carbocycles. The molecule has 0 aliphatic rings. The summed E-state index contributed by atoms with van der Waals surface area (Å²) in [6, 6.07) is 13.3. The second-order valence-electron chi connectivity index (χ2n) is 5.13. The zero-order valence-corrected chi connectivity index (χ0v) is 15.9. The van der Waals surface area contributed by atoms with E-state index in [4.69, 9.17) is 0 Å². The summed E-state index contributed by atoms with van der Waals surface area (Å²) < 4.78 is 1.71. The van der Waals surface area contributed by atoms with Gasteiger partial charge in [0.05, 0.1) is 5.69 Å². The first-order valence-corrected chi connectivity index (χ1v) is 8.70. The maximum Gasteiger partial charge on any atom is 0.248 e. The molecule has 0 radical (unpaired) electrons. The Morgan fingerprint density at radius 3 is 2.75 bits per heavy atom. The number of anilines is 1. The topological polar surface area (TPSA) is 72.7 Å². The van der Waals surface area contributed by atoms with Crippen LogP contribution in [-0.4, -0.2) is 26.1 Å². The van der Waals surface area contributed by atoms with E-state index in [9.17, 15) is 4.79 Å². The van der Waals surface area contributed by atoms with Crippen LogP contribution in [0.3, 0.4) is 0 Å². The van der Waals surface area contributed by atoms with Crippen molar-refractivity contribution in [1.82, 2.24) is 20.2 Å². The van der Waals surface area contributed by atoms with Gasteiger partial charge in [-0.3, -0.25) is 4.79 Å². The summed E-state index contributed by atoms with van der Waals surface area (Å²) in [7, 11) is 0. The van der Waals surface area contributed by atoms with Gasteiger partial charge in [0.2, 0.25) is 11.7 Å². The molecule has 3 aromatic rings. The maximum atomic E-state index is 12.2. The minimum atomic E-state index is -0.230. The van der Waals surface area contributed by atoms with Gasteiger partial charge < -0.3 is 5.32 Å². The molecule has 122 valence electrons. The van der Waals surface area contributed by atoms with Crippen molar-refractivity contribution in [3.05, 3.63) is 57.0 Å². The van der Waals surface area contributed by atoms with E-state index in [1.807, 2.05) is 43.3 Å². The molecule has 0 aliphatic heterocycles. The molecule has 1 amide bonds. The normalized spacial score (nSPS) is 10.6. The lowest BCUT2D eigenvalue weighted by Crippen LogP contribution is -2.20. The third-order valence-corrected chi connectivity index (χ3v) is 4.48. The van der Waals surface area contributed by atoms with Crippen LogP contribution in [0.4, 0.5) is 5.69 Å². The van der Waals surface area contributed by atoms with E-state index in [2.05, 4.69) is 52.6 Å². The zero-order valence-electron chi connectivity index (χ0n) is 12.7. The molecular formula is C16H13Br2N5O. The SMILES string of the molecule is Cc1ccccc1-c1nnn(CC(=O)Nc2ccc(Br)cc2Br)n1. The van der Waals surface area contributed by atoms with Gasteiger partial charge in [-0.2, -0.15) is 4.80 Å². The fourth-order valence-electron chi connectivity index (χ4n) is 2.15. The van der Waals surface area contributed by atoms with Crippen molar-refractivity contribution >= 4 is 43.5 Å². The van der Waals surface area contributed by atoms with Crippen LogP contribution in [0.1, 0.15) is 5.56 Å². The Morgan fingerprint density at radius 1 is 1.21 bits per heavy atom. The molecule has 0 spiro atoms. The molecule has 0 saturated heterocycles. The predicted molar refractivity (Wildman–Crippen MR) is 98.5 cm³/mol. The van der Waals surface area contributed by atoms with Crippen molar-refractivity contribution in [2.45, 2.75) is 13.5 Å². The molecule has 0 unspecified atom stereocenters. The lowest BCUT2D eigenvalue weighted by Gasteiger charge is -2.07. The molecule has 6 nitrogen and oxygen atoms in total. The number of aryl methyl sites for hydroxylation is 1. The Bertz CT molecular complexity index is 894.